The molecule has 2 aromatic carbocycles. The Morgan fingerprint density at radius 3 is 2.78 bits per heavy atom. The maximum atomic E-state index is 14.3. The Balaban J connectivity index is 1.59. The van der Waals surface area contributed by atoms with E-state index in [1.165, 1.54) is 6.07 Å². The molecule has 1 aromatic heterocycles. The Morgan fingerprint density at radius 1 is 1.19 bits per heavy atom. The summed E-state index contributed by atoms with van der Waals surface area (Å²) in [5.41, 5.74) is 2.24. The lowest BCUT2D eigenvalue weighted by molar-refractivity contribution is -0.134. The number of imidazole rings is 1. The number of aromatic amines is 1. The number of benzene rings is 2. The predicted molar refractivity (Wildman–Crippen MR) is 120 cm³/mol. The minimum absolute atomic E-state index is 0.0536. The lowest BCUT2D eigenvalue weighted by atomic mass is 9.94. The van der Waals surface area contributed by atoms with Crippen molar-refractivity contribution in [2.75, 3.05) is 26.2 Å². The Bertz CT molecular complexity index is 1080. The van der Waals surface area contributed by atoms with Gasteiger partial charge in [-0.2, -0.15) is 0 Å². The SMILES string of the molecule is CCCN1CCN(C(=O)c2ncc[nH]2)CC(Cc2cccc(-c3ccccc3F)c2)C1=O. The first-order valence-electron chi connectivity index (χ1n) is 11.0. The van der Waals surface area contributed by atoms with Gasteiger partial charge in [0.05, 0.1) is 5.92 Å². The van der Waals surface area contributed by atoms with Gasteiger partial charge < -0.3 is 14.8 Å². The molecule has 2 heterocycles. The van der Waals surface area contributed by atoms with E-state index in [9.17, 15) is 14.0 Å². The highest BCUT2D eigenvalue weighted by Gasteiger charge is 2.33. The van der Waals surface area contributed by atoms with E-state index in [-0.39, 0.29) is 29.4 Å². The monoisotopic (exact) mass is 434 g/mol. The molecule has 1 saturated heterocycles. The van der Waals surface area contributed by atoms with E-state index in [2.05, 4.69) is 9.97 Å². The highest BCUT2D eigenvalue weighted by Crippen LogP contribution is 2.25. The number of nitrogens with one attached hydrogen (secondary N) is 1. The van der Waals surface area contributed by atoms with Crippen molar-refractivity contribution in [3.63, 3.8) is 0 Å². The molecule has 0 spiro atoms. The van der Waals surface area contributed by atoms with Gasteiger partial charge in [0.25, 0.3) is 5.91 Å². The van der Waals surface area contributed by atoms with E-state index in [4.69, 9.17) is 0 Å². The number of nitrogens with zero attached hydrogens (tertiary/aromatic N) is 3. The number of carbonyl (C=O) groups excluding carboxylic acids is 2. The summed E-state index contributed by atoms with van der Waals surface area (Å²) in [6.07, 6.45) is 4.49. The number of carbonyl (C=O) groups is 2. The summed E-state index contributed by atoms with van der Waals surface area (Å²) in [7, 11) is 0. The summed E-state index contributed by atoms with van der Waals surface area (Å²) in [6, 6.07) is 14.3. The van der Waals surface area contributed by atoms with Crippen LogP contribution >= 0.6 is 0 Å². The fraction of sp³-hybridized carbons (Fsp3) is 0.320. The summed E-state index contributed by atoms with van der Waals surface area (Å²) < 4.78 is 14.3. The maximum Gasteiger partial charge on any atom is 0.289 e. The molecule has 0 aliphatic carbocycles. The summed E-state index contributed by atoms with van der Waals surface area (Å²) in [5, 5.41) is 0. The van der Waals surface area contributed by atoms with Gasteiger partial charge in [-0.05, 0) is 30.0 Å². The van der Waals surface area contributed by atoms with Crippen molar-refractivity contribution in [2.45, 2.75) is 19.8 Å². The van der Waals surface area contributed by atoms with E-state index in [0.717, 1.165) is 17.5 Å². The summed E-state index contributed by atoms with van der Waals surface area (Å²) in [6.45, 7) is 3.99. The van der Waals surface area contributed by atoms with E-state index < -0.39 is 0 Å². The van der Waals surface area contributed by atoms with Crippen LogP contribution in [0.15, 0.2) is 60.9 Å². The minimum Gasteiger partial charge on any atom is -0.341 e. The number of hydrogen-bond acceptors (Lipinski definition) is 3. The molecule has 4 rings (SSSR count). The van der Waals surface area contributed by atoms with Crippen LogP contribution in [0.1, 0.15) is 29.5 Å². The molecule has 0 radical (unpaired) electrons. The van der Waals surface area contributed by atoms with Crippen LogP contribution in [0.3, 0.4) is 0 Å². The molecule has 1 N–H and O–H groups in total. The zero-order valence-corrected chi connectivity index (χ0v) is 18.1. The third-order valence-electron chi connectivity index (χ3n) is 5.82. The second kappa shape index (κ2) is 9.77. The Hall–Kier alpha value is -3.48. The van der Waals surface area contributed by atoms with Crippen molar-refractivity contribution in [3.05, 3.63) is 78.1 Å². The fourth-order valence-electron chi connectivity index (χ4n) is 4.25. The fourth-order valence-corrected chi connectivity index (χ4v) is 4.25. The number of rotatable bonds is 6. The number of aromatic nitrogens is 2. The zero-order valence-electron chi connectivity index (χ0n) is 18.1. The standard InChI is InChI=1S/C25H27FN4O2/c1-2-12-29-13-14-30(25(32)23-27-10-11-28-23)17-20(24(29)31)16-18-6-5-7-19(15-18)21-8-3-4-9-22(21)26/h3-11,15,20H,2,12-14,16-17H2,1H3,(H,27,28). The van der Waals surface area contributed by atoms with Gasteiger partial charge >= 0.3 is 0 Å². The van der Waals surface area contributed by atoms with Crippen molar-refractivity contribution in [1.82, 2.24) is 19.8 Å². The molecule has 1 unspecified atom stereocenters. The third-order valence-corrected chi connectivity index (χ3v) is 5.82. The lowest BCUT2D eigenvalue weighted by Crippen LogP contribution is -2.38. The van der Waals surface area contributed by atoms with Crippen LogP contribution in [0.25, 0.3) is 11.1 Å². The second-order valence-corrected chi connectivity index (χ2v) is 8.10. The molecule has 166 valence electrons. The molecule has 1 aliphatic heterocycles. The maximum absolute atomic E-state index is 14.3. The van der Waals surface area contributed by atoms with Gasteiger partial charge in [0, 0.05) is 44.1 Å². The average Bonchev–Trinajstić information content (AvgIpc) is 3.30. The van der Waals surface area contributed by atoms with Crippen LogP contribution < -0.4 is 0 Å². The van der Waals surface area contributed by atoms with Crippen LogP contribution in [0, 0.1) is 11.7 Å². The molecular weight excluding hydrogens is 407 g/mol. The average molecular weight is 435 g/mol. The summed E-state index contributed by atoms with van der Waals surface area (Å²) in [4.78, 5) is 36.7. The van der Waals surface area contributed by atoms with Gasteiger partial charge in [-0.15, -0.1) is 0 Å². The topological polar surface area (TPSA) is 69.3 Å². The van der Waals surface area contributed by atoms with Crippen LogP contribution in [0.5, 0.6) is 0 Å². The molecule has 1 fully saturated rings. The predicted octanol–water partition coefficient (Wildman–Crippen LogP) is 3.77. The van der Waals surface area contributed by atoms with Crippen molar-refractivity contribution >= 4 is 11.8 Å². The lowest BCUT2D eigenvalue weighted by Gasteiger charge is -2.23. The van der Waals surface area contributed by atoms with Crippen LogP contribution in [0.4, 0.5) is 4.39 Å². The van der Waals surface area contributed by atoms with Crippen molar-refractivity contribution in [1.29, 1.82) is 0 Å². The molecule has 32 heavy (non-hydrogen) atoms. The third kappa shape index (κ3) is 4.72. The number of H-pyrrole nitrogens is 1. The molecule has 7 heteroatoms. The van der Waals surface area contributed by atoms with E-state index in [0.29, 0.717) is 38.2 Å². The zero-order chi connectivity index (χ0) is 22.5. The first kappa shape index (κ1) is 21.7. The van der Waals surface area contributed by atoms with Crippen LogP contribution in [-0.4, -0.2) is 57.8 Å². The molecule has 0 saturated carbocycles. The normalized spacial score (nSPS) is 16.8. The molecule has 1 atom stereocenters. The highest BCUT2D eigenvalue weighted by molar-refractivity contribution is 5.91. The summed E-state index contributed by atoms with van der Waals surface area (Å²) >= 11 is 0. The smallest absolute Gasteiger partial charge is 0.289 e. The van der Waals surface area contributed by atoms with Crippen LogP contribution in [0.2, 0.25) is 0 Å². The van der Waals surface area contributed by atoms with Gasteiger partial charge in [-0.25, -0.2) is 9.37 Å². The number of hydrogen-bond donors (Lipinski definition) is 1. The van der Waals surface area contributed by atoms with E-state index in [1.54, 1.807) is 35.5 Å². The summed E-state index contributed by atoms with van der Waals surface area (Å²) in [5.74, 6) is -0.524. The van der Waals surface area contributed by atoms with Gasteiger partial charge in [-0.3, -0.25) is 9.59 Å². The minimum atomic E-state index is -0.376. The molecule has 1 aliphatic rings. The number of halogens is 1. The molecule has 0 bridgehead atoms. The van der Waals surface area contributed by atoms with Crippen LogP contribution in [-0.2, 0) is 11.2 Å². The van der Waals surface area contributed by atoms with Crippen molar-refractivity contribution < 1.29 is 14.0 Å². The molecule has 3 aromatic rings. The van der Waals surface area contributed by atoms with Gasteiger partial charge in [0.15, 0.2) is 5.82 Å². The number of amides is 2. The Morgan fingerprint density at radius 2 is 2.03 bits per heavy atom. The largest absolute Gasteiger partial charge is 0.341 e. The highest BCUT2D eigenvalue weighted by atomic mass is 19.1. The Kier molecular flexibility index (Phi) is 6.63. The van der Waals surface area contributed by atoms with Gasteiger partial charge in [0.1, 0.15) is 5.82 Å². The molecule has 2 amide bonds. The van der Waals surface area contributed by atoms with Gasteiger partial charge in [-0.1, -0.05) is 49.4 Å². The molecule has 6 nitrogen and oxygen atoms in total. The first-order chi connectivity index (χ1) is 15.6. The Labute approximate surface area is 187 Å². The van der Waals surface area contributed by atoms with E-state index in [1.807, 2.05) is 36.1 Å². The molecular formula is C25H27FN4O2. The van der Waals surface area contributed by atoms with Crippen molar-refractivity contribution in [3.8, 4) is 11.1 Å². The first-order valence-corrected chi connectivity index (χ1v) is 11.0. The van der Waals surface area contributed by atoms with Crippen molar-refractivity contribution in [2.24, 2.45) is 5.92 Å². The van der Waals surface area contributed by atoms with E-state index >= 15 is 0 Å². The quantitative estimate of drug-likeness (QED) is 0.642. The van der Waals surface area contributed by atoms with Gasteiger partial charge in [0.2, 0.25) is 5.91 Å². The second-order valence-electron chi connectivity index (χ2n) is 8.10.